The zero-order valence-electron chi connectivity index (χ0n) is 19.0. The van der Waals surface area contributed by atoms with Gasteiger partial charge >= 0.3 is 0 Å². The van der Waals surface area contributed by atoms with Crippen LogP contribution < -0.4 is 10.1 Å². The number of carbonyl (C=O) groups excluding carboxylic acids is 1. The fourth-order valence-electron chi connectivity index (χ4n) is 3.80. The van der Waals surface area contributed by atoms with Crippen molar-refractivity contribution in [1.29, 1.82) is 5.26 Å². The highest BCUT2D eigenvalue weighted by atomic mass is 79.9. The Balaban J connectivity index is 1.55. The third kappa shape index (κ3) is 6.06. The first-order valence-electron chi connectivity index (χ1n) is 11.1. The zero-order chi connectivity index (χ0) is 24.6. The highest BCUT2D eigenvalue weighted by molar-refractivity contribution is 9.10. The van der Waals surface area contributed by atoms with Crippen LogP contribution in [0.2, 0.25) is 0 Å². The summed E-state index contributed by atoms with van der Waals surface area (Å²) in [5, 5.41) is 14.7. The highest BCUT2D eigenvalue weighted by Crippen LogP contribution is 2.26. The Kier molecular flexibility index (Phi) is 7.77. The van der Waals surface area contributed by atoms with Crippen LogP contribution in [0.5, 0.6) is 5.75 Å². The molecule has 0 bridgehead atoms. The standard InChI is InChI=1S/C30H23BrN2O2/c1-2-7-23-16-21(17-25(19-32)30(34)33-27-12-6-11-26(31)18-27)14-15-29(23)35-20-24-10-5-9-22-8-3-4-13-28(22)24/h2-6,8-18H,1,7,20H2,(H,33,34)/b25-17-. The van der Waals surface area contributed by atoms with Crippen LogP contribution in [0.25, 0.3) is 16.8 Å². The summed E-state index contributed by atoms with van der Waals surface area (Å²) >= 11 is 3.38. The minimum absolute atomic E-state index is 0.0129. The number of nitrogens with zero attached hydrogens (tertiary/aromatic N) is 1. The number of allylic oxidation sites excluding steroid dienone is 1. The van der Waals surface area contributed by atoms with E-state index in [1.165, 1.54) is 5.39 Å². The summed E-state index contributed by atoms with van der Waals surface area (Å²) < 4.78 is 7.03. The molecule has 0 spiro atoms. The molecule has 0 aromatic heterocycles. The molecule has 1 N–H and O–H groups in total. The molecule has 4 rings (SSSR count). The summed E-state index contributed by atoms with van der Waals surface area (Å²) in [6, 6.07) is 29.3. The number of nitrogens with one attached hydrogen (secondary N) is 1. The Bertz CT molecular complexity index is 1460. The fourth-order valence-corrected chi connectivity index (χ4v) is 4.20. The number of amides is 1. The van der Waals surface area contributed by atoms with Crippen LogP contribution in [0, 0.1) is 11.3 Å². The van der Waals surface area contributed by atoms with Crippen LogP contribution in [0.4, 0.5) is 5.69 Å². The lowest BCUT2D eigenvalue weighted by Crippen LogP contribution is -2.13. The average Bonchev–Trinajstić information content (AvgIpc) is 2.87. The van der Waals surface area contributed by atoms with Crippen LogP contribution in [0.1, 0.15) is 16.7 Å². The minimum atomic E-state index is -0.466. The molecule has 0 saturated carbocycles. The summed E-state index contributed by atoms with van der Waals surface area (Å²) in [5.41, 5.74) is 3.39. The SMILES string of the molecule is C=CCc1cc(/C=C(/C#N)C(=O)Nc2cccc(Br)c2)ccc1OCc1cccc2ccccc12. The Labute approximate surface area is 213 Å². The van der Waals surface area contributed by atoms with E-state index in [4.69, 9.17) is 4.74 Å². The van der Waals surface area contributed by atoms with E-state index in [0.717, 1.165) is 32.3 Å². The summed E-state index contributed by atoms with van der Waals surface area (Å²) in [4.78, 5) is 12.6. The van der Waals surface area contributed by atoms with Gasteiger partial charge in [-0.2, -0.15) is 5.26 Å². The van der Waals surface area contributed by atoms with Crippen LogP contribution in [0.3, 0.4) is 0 Å². The first-order valence-corrected chi connectivity index (χ1v) is 11.9. The Hall–Kier alpha value is -4.14. The van der Waals surface area contributed by atoms with E-state index >= 15 is 0 Å². The van der Waals surface area contributed by atoms with Crippen molar-refractivity contribution in [3.63, 3.8) is 0 Å². The van der Waals surface area contributed by atoms with Crippen molar-refractivity contribution in [3.8, 4) is 11.8 Å². The van der Waals surface area contributed by atoms with E-state index in [1.54, 1.807) is 24.3 Å². The van der Waals surface area contributed by atoms with Crippen molar-refractivity contribution in [1.82, 2.24) is 0 Å². The third-order valence-corrected chi connectivity index (χ3v) is 5.96. The molecule has 172 valence electrons. The van der Waals surface area contributed by atoms with Gasteiger partial charge in [0.05, 0.1) is 0 Å². The van der Waals surface area contributed by atoms with Gasteiger partial charge in [-0.1, -0.05) is 76.6 Å². The molecule has 0 aliphatic heterocycles. The van der Waals surface area contributed by atoms with Gasteiger partial charge < -0.3 is 10.1 Å². The molecule has 1 amide bonds. The molecule has 5 heteroatoms. The first-order chi connectivity index (χ1) is 17.1. The maximum Gasteiger partial charge on any atom is 0.266 e. The number of anilines is 1. The lowest BCUT2D eigenvalue weighted by atomic mass is 10.0. The van der Waals surface area contributed by atoms with Crippen molar-refractivity contribution >= 4 is 44.4 Å². The number of nitriles is 1. The minimum Gasteiger partial charge on any atom is -0.489 e. The van der Waals surface area contributed by atoms with Crippen molar-refractivity contribution < 1.29 is 9.53 Å². The maximum absolute atomic E-state index is 12.6. The van der Waals surface area contributed by atoms with E-state index in [9.17, 15) is 10.1 Å². The van der Waals surface area contributed by atoms with Gasteiger partial charge in [0.2, 0.25) is 0 Å². The number of hydrogen-bond donors (Lipinski definition) is 1. The Morgan fingerprint density at radius 3 is 2.60 bits per heavy atom. The highest BCUT2D eigenvalue weighted by Gasteiger charge is 2.11. The zero-order valence-corrected chi connectivity index (χ0v) is 20.6. The second-order valence-corrected chi connectivity index (χ2v) is 8.84. The van der Waals surface area contributed by atoms with E-state index in [-0.39, 0.29) is 5.57 Å². The molecule has 4 aromatic carbocycles. The van der Waals surface area contributed by atoms with Gasteiger partial charge in [0, 0.05) is 10.2 Å². The molecule has 0 radical (unpaired) electrons. The van der Waals surface area contributed by atoms with Crippen LogP contribution >= 0.6 is 15.9 Å². The number of rotatable bonds is 8. The summed E-state index contributed by atoms with van der Waals surface area (Å²) in [7, 11) is 0. The van der Waals surface area contributed by atoms with E-state index in [2.05, 4.69) is 52.1 Å². The van der Waals surface area contributed by atoms with Crippen molar-refractivity contribution in [2.24, 2.45) is 0 Å². The first kappa shape index (κ1) is 24.0. The van der Waals surface area contributed by atoms with Crippen LogP contribution in [0.15, 0.2) is 108 Å². The van der Waals surface area contributed by atoms with Gasteiger partial charge in [0.15, 0.2) is 0 Å². The predicted octanol–water partition coefficient (Wildman–Crippen LogP) is 7.46. The fraction of sp³-hybridized carbons (Fsp3) is 0.0667. The summed E-state index contributed by atoms with van der Waals surface area (Å²) in [5.74, 6) is 0.277. The summed E-state index contributed by atoms with van der Waals surface area (Å²) in [6.07, 6.45) is 3.98. The smallest absolute Gasteiger partial charge is 0.266 e. The molecule has 0 aliphatic carbocycles. The van der Waals surface area contributed by atoms with E-state index in [0.29, 0.717) is 18.7 Å². The summed E-state index contributed by atoms with van der Waals surface area (Å²) in [6.45, 7) is 4.28. The lowest BCUT2D eigenvalue weighted by molar-refractivity contribution is -0.112. The largest absolute Gasteiger partial charge is 0.489 e. The quantitative estimate of drug-likeness (QED) is 0.148. The van der Waals surface area contributed by atoms with Gasteiger partial charge in [-0.05, 0) is 70.3 Å². The second-order valence-electron chi connectivity index (χ2n) is 7.92. The van der Waals surface area contributed by atoms with E-state index in [1.807, 2.05) is 54.6 Å². The van der Waals surface area contributed by atoms with Crippen molar-refractivity contribution in [2.45, 2.75) is 13.0 Å². The molecule has 35 heavy (non-hydrogen) atoms. The van der Waals surface area contributed by atoms with Crippen molar-refractivity contribution in [2.75, 3.05) is 5.32 Å². The van der Waals surface area contributed by atoms with Crippen LogP contribution in [-0.4, -0.2) is 5.91 Å². The molecule has 0 saturated heterocycles. The molecule has 0 fully saturated rings. The van der Waals surface area contributed by atoms with Gasteiger partial charge in [-0.25, -0.2) is 0 Å². The molecular formula is C30H23BrN2O2. The molecule has 0 unspecified atom stereocenters. The van der Waals surface area contributed by atoms with Gasteiger partial charge in [0.25, 0.3) is 5.91 Å². The van der Waals surface area contributed by atoms with Gasteiger partial charge in [-0.3, -0.25) is 4.79 Å². The number of hydrogen-bond acceptors (Lipinski definition) is 3. The van der Waals surface area contributed by atoms with Crippen molar-refractivity contribution in [3.05, 3.63) is 124 Å². The third-order valence-electron chi connectivity index (χ3n) is 5.47. The predicted molar refractivity (Wildman–Crippen MR) is 145 cm³/mol. The monoisotopic (exact) mass is 522 g/mol. The molecular weight excluding hydrogens is 500 g/mol. The second kappa shape index (κ2) is 11.3. The maximum atomic E-state index is 12.6. The topological polar surface area (TPSA) is 62.1 Å². The average molecular weight is 523 g/mol. The molecule has 0 aliphatic rings. The Morgan fingerprint density at radius 1 is 1.00 bits per heavy atom. The molecule has 0 heterocycles. The Morgan fingerprint density at radius 2 is 1.80 bits per heavy atom. The van der Waals surface area contributed by atoms with Gasteiger partial charge in [-0.15, -0.1) is 6.58 Å². The molecule has 4 nitrogen and oxygen atoms in total. The normalized spacial score (nSPS) is 11.0. The lowest BCUT2D eigenvalue weighted by Gasteiger charge is -2.13. The number of halogens is 1. The number of carbonyl (C=O) groups is 1. The number of benzene rings is 4. The number of fused-ring (bicyclic) bond motifs is 1. The molecule has 0 atom stereocenters. The van der Waals surface area contributed by atoms with Crippen LogP contribution in [-0.2, 0) is 17.8 Å². The molecule has 4 aromatic rings. The van der Waals surface area contributed by atoms with E-state index < -0.39 is 5.91 Å². The number of ether oxygens (including phenoxy) is 1. The van der Waals surface area contributed by atoms with Gasteiger partial charge in [0.1, 0.15) is 24.0 Å².